The second-order valence-electron chi connectivity index (χ2n) is 3.83. The summed E-state index contributed by atoms with van der Waals surface area (Å²) in [6.07, 6.45) is -10.8. The van der Waals surface area contributed by atoms with Gasteiger partial charge in [0.2, 0.25) is 0 Å². The Labute approximate surface area is 127 Å². The van der Waals surface area contributed by atoms with Crippen LogP contribution in [-0.4, -0.2) is 19.0 Å². The summed E-state index contributed by atoms with van der Waals surface area (Å²) in [7, 11) is 0. The van der Waals surface area contributed by atoms with Gasteiger partial charge in [0.1, 0.15) is 12.4 Å². The Morgan fingerprint density at radius 1 is 1.05 bits per heavy atom. The Kier molecular flexibility index (Phi) is 5.77. The van der Waals surface area contributed by atoms with Gasteiger partial charge in [0.05, 0.1) is 0 Å². The highest BCUT2D eigenvalue weighted by atomic mass is 79.9. The van der Waals surface area contributed by atoms with E-state index in [2.05, 4.69) is 36.6 Å². The Balaban J connectivity index is 2.83. The van der Waals surface area contributed by atoms with Gasteiger partial charge in [0.15, 0.2) is 5.92 Å². The van der Waals surface area contributed by atoms with Gasteiger partial charge in [-0.25, -0.2) is 0 Å². The molecule has 0 atom stereocenters. The van der Waals surface area contributed by atoms with Crippen LogP contribution in [0.5, 0.6) is 5.75 Å². The first kappa shape index (κ1) is 17.6. The maximum atomic E-state index is 12.3. The van der Waals surface area contributed by atoms with Crippen LogP contribution in [0.4, 0.5) is 26.3 Å². The Bertz CT molecular complexity index is 443. The van der Waals surface area contributed by atoms with Gasteiger partial charge in [-0.15, -0.1) is 0 Å². The van der Waals surface area contributed by atoms with Gasteiger partial charge < -0.3 is 4.74 Å². The third kappa shape index (κ3) is 4.83. The van der Waals surface area contributed by atoms with Gasteiger partial charge in [-0.05, 0) is 23.8 Å². The molecule has 0 aliphatic rings. The summed E-state index contributed by atoms with van der Waals surface area (Å²) in [5, 5.41) is 0.382. The predicted molar refractivity (Wildman–Crippen MR) is 67.9 cm³/mol. The fourth-order valence-corrected chi connectivity index (χ4v) is 2.52. The molecule has 9 heteroatoms. The van der Waals surface area contributed by atoms with E-state index in [4.69, 9.17) is 0 Å². The fourth-order valence-electron chi connectivity index (χ4n) is 1.30. The van der Waals surface area contributed by atoms with E-state index in [0.29, 0.717) is 15.4 Å². The highest BCUT2D eigenvalue weighted by Gasteiger charge is 2.57. The summed E-state index contributed by atoms with van der Waals surface area (Å²) in [4.78, 5) is 0. The molecule has 1 nitrogen and oxygen atoms in total. The maximum Gasteiger partial charge on any atom is 0.403 e. The Hall–Kier alpha value is -0.440. The smallest absolute Gasteiger partial charge is 0.403 e. The Morgan fingerprint density at radius 3 is 2.05 bits per heavy atom. The summed E-state index contributed by atoms with van der Waals surface area (Å²) in [6, 6.07) is 4.14. The summed E-state index contributed by atoms with van der Waals surface area (Å²) in [5.74, 6) is -3.56. The molecule has 1 aromatic carbocycles. The van der Waals surface area contributed by atoms with E-state index in [1.54, 1.807) is 0 Å². The first-order chi connectivity index (χ1) is 9.05. The summed E-state index contributed by atoms with van der Waals surface area (Å²) in [5.41, 5.74) is 0.651. The van der Waals surface area contributed by atoms with Crippen LogP contribution >= 0.6 is 31.9 Å². The van der Waals surface area contributed by atoms with Crippen molar-refractivity contribution in [3.8, 4) is 5.75 Å². The Morgan fingerprint density at radius 2 is 1.60 bits per heavy atom. The van der Waals surface area contributed by atoms with Crippen LogP contribution in [-0.2, 0) is 5.33 Å². The highest BCUT2D eigenvalue weighted by Crippen LogP contribution is 2.39. The molecule has 0 saturated carbocycles. The van der Waals surface area contributed by atoms with Gasteiger partial charge in [-0.3, -0.25) is 0 Å². The van der Waals surface area contributed by atoms with E-state index < -0.39 is 24.9 Å². The standard InChI is InChI=1S/C11H8Br2F6O/c12-4-6-3-7(1-2-8(6)13)20-5-9(10(14,15)16)11(17,18)19/h1-3,9H,4-5H2. The molecule has 0 aliphatic heterocycles. The third-order valence-electron chi connectivity index (χ3n) is 2.37. The zero-order chi connectivity index (χ0) is 15.6. The average Bonchev–Trinajstić information content (AvgIpc) is 2.27. The molecule has 0 heterocycles. The lowest BCUT2D eigenvalue weighted by Crippen LogP contribution is -2.40. The lowest BCUT2D eigenvalue weighted by molar-refractivity contribution is -0.289. The molecule has 1 aromatic rings. The van der Waals surface area contributed by atoms with Gasteiger partial charge >= 0.3 is 12.4 Å². The number of rotatable bonds is 4. The van der Waals surface area contributed by atoms with Gasteiger partial charge in [0, 0.05) is 9.80 Å². The zero-order valence-corrected chi connectivity index (χ0v) is 12.8. The molecular weight excluding hydrogens is 422 g/mol. The maximum absolute atomic E-state index is 12.3. The van der Waals surface area contributed by atoms with E-state index in [0.717, 1.165) is 0 Å². The minimum Gasteiger partial charge on any atom is -0.493 e. The van der Waals surface area contributed by atoms with Crippen molar-refractivity contribution in [2.75, 3.05) is 6.61 Å². The third-order valence-corrected chi connectivity index (χ3v) is 3.75. The van der Waals surface area contributed by atoms with E-state index in [9.17, 15) is 26.3 Å². The monoisotopic (exact) mass is 428 g/mol. The van der Waals surface area contributed by atoms with Crippen molar-refractivity contribution >= 4 is 31.9 Å². The van der Waals surface area contributed by atoms with Crippen molar-refractivity contribution in [2.45, 2.75) is 17.7 Å². The van der Waals surface area contributed by atoms with Gasteiger partial charge in [0.25, 0.3) is 0 Å². The molecular formula is C11H8Br2F6O. The average molecular weight is 430 g/mol. The first-order valence-electron chi connectivity index (χ1n) is 5.16. The van der Waals surface area contributed by atoms with E-state index in [1.165, 1.54) is 18.2 Å². The fraction of sp³-hybridized carbons (Fsp3) is 0.455. The number of hydrogen-bond donors (Lipinski definition) is 0. The molecule has 0 N–H and O–H groups in total. The van der Waals surface area contributed by atoms with Gasteiger partial charge in [-0.2, -0.15) is 26.3 Å². The normalized spacial score (nSPS) is 12.8. The van der Waals surface area contributed by atoms with Gasteiger partial charge in [-0.1, -0.05) is 31.9 Å². The predicted octanol–water partition coefficient (Wildman–Crippen LogP) is 5.46. The number of ether oxygens (including phenoxy) is 1. The van der Waals surface area contributed by atoms with Crippen molar-refractivity contribution in [1.82, 2.24) is 0 Å². The second-order valence-corrected chi connectivity index (χ2v) is 5.25. The van der Waals surface area contributed by atoms with Crippen molar-refractivity contribution in [3.63, 3.8) is 0 Å². The first-order valence-corrected chi connectivity index (χ1v) is 7.07. The molecule has 114 valence electrons. The van der Waals surface area contributed by atoms with E-state index in [1.807, 2.05) is 0 Å². The van der Waals surface area contributed by atoms with Crippen LogP contribution in [0.25, 0.3) is 0 Å². The molecule has 0 spiro atoms. The number of alkyl halides is 7. The molecule has 0 fully saturated rings. The molecule has 0 saturated heterocycles. The van der Waals surface area contributed by atoms with Crippen LogP contribution in [0.1, 0.15) is 5.56 Å². The molecule has 0 unspecified atom stereocenters. The largest absolute Gasteiger partial charge is 0.493 e. The summed E-state index contributed by atoms with van der Waals surface area (Å²) in [6.45, 7) is -1.50. The molecule has 1 rings (SSSR count). The second kappa shape index (κ2) is 6.55. The van der Waals surface area contributed by atoms with Crippen molar-refractivity contribution in [3.05, 3.63) is 28.2 Å². The van der Waals surface area contributed by atoms with Crippen LogP contribution in [0.3, 0.4) is 0 Å². The summed E-state index contributed by atoms with van der Waals surface area (Å²) >= 11 is 6.33. The highest BCUT2D eigenvalue weighted by molar-refractivity contribution is 9.10. The van der Waals surface area contributed by atoms with Crippen molar-refractivity contribution in [2.24, 2.45) is 5.92 Å². The molecule has 0 aromatic heterocycles. The minimum atomic E-state index is -5.40. The van der Waals surface area contributed by atoms with Crippen LogP contribution in [0.2, 0.25) is 0 Å². The zero-order valence-electron chi connectivity index (χ0n) is 9.66. The van der Waals surface area contributed by atoms with Crippen LogP contribution in [0.15, 0.2) is 22.7 Å². The lowest BCUT2D eigenvalue weighted by atomic mass is 10.1. The van der Waals surface area contributed by atoms with Crippen molar-refractivity contribution in [1.29, 1.82) is 0 Å². The quantitative estimate of drug-likeness (QED) is 0.456. The van der Waals surface area contributed by atoms with Crippen LogP contribution < -0.4 is 4.74 Å². The SMILES string of the molecule is FC(F)(F)C(COc1ccc(Br)c(CBr)c1)C(F)(F)F. The molecule has 0 radical (unpaired) electrons. The molecule has 20 heavy (non-hydrogen) atoms. The number of benzene rings is 1. The number of halogens is 8. The molecule has 0 amide bonds. The topological polar surface area (TPSA) is 9.23 Å². The lowest BCUT2D eigenvalue weighted by Gasteiger charge is -2.23. The number of hydrogen-bond acceptors (Lipinski definition) is 1. The van der Waals surface area contributed by atoms with Crippen LogP contribution in [0, 0.1) is 5.92 Å². The van der Waals surface area contributed by atoms with E-state index >= 15 is 0 Å². The van der Waals surface area contributed by atoms with E-state index in [-0.39, 0.29) is 5.75 Å². The molecule has 0 aliphatic carbocycles. The minimum absolute atomic E-state index is 0.0545. The summed E-state index contributed by atoms with van der Waals surface area (Å²) < 4.78 is 79.2. The molecule has 0 bridgehead atoms. The van der Waals surface area contributed by atoms with Crippen molar-refractivity contribution < 1.29 is 31.1 Å².